The number of hydrogen-bond acceptors (Lipinski definition) is 2. The summed E-state index contributed by atoms with van der Waals surface area (Å²) in [5, 5.41) is 3.63. The Balaban J connectivity index is 2.85. The average molecular weight is 356 g/mol. The zero-order valence-corrected chi connectivity index (χ0v) is 15.9. The SMILES string of the molecule is CCNC(Cc1cc(Br)ccc1OC)CC(C)C(C)(C)C. The van der Waals surface area contributed by atoms with Crippen LogP contribution in [0.3, 0.4) is 0 Å². The highest BCUT2D eigenvalue weighted by Gasteiger charge is 2.24. The summed E-state index contributed by atoms with van der Waals surface area (Å²) >= 11 is 3.56. The number of rotatable bonds is 7. The Morgan fingerprint density at radius 3 is 2.48 bits per heavy atom. The first-order valence-corrected chi connectivity index (χ1v) is 8.63. The van der Waals surface area contributed by atoms with Gasteiger partial charge in [0.25, 0.3) is 0 Å². The molecule has 120 valence electrons. The van der Waals surface area contributed by atoms with E-state index in [1.165, 1.54) is 12.0 Å². The number of ether oxygens (including phenoxy) is 1. The molecular weight excluding hydrogens is 326 g/mol. The van der Waals surface area contributed by atoms with Crippen LogP contribution in [-0.4, -0.2) is 19.7 Å². The van der Waals surface area contributed by atoms with Crippen LogP contribution in [0.15, 0.2) is 22.7 Å². The molecule has 0 saturated carbocycles. The van der Waals surface area contributed by atoms with Crippen molar-refractivity contribution in [1.29, 1.82) is 0 Å². The molecule has 3 heteroatoms. The Kier molecular flexibility index (Phi) is 7.22. The number of nitrogens with one attached hydrogen (secondary N) is 1. The highest BCUT2D eigenvalue weighted by molar-refractivity contribution is 9.10. The zero-order valence-electron chi connectivity index (χ0n) is 14.3. The molecule has 0 spiro atoms. The van der Waals surface area contributed by atoms with Crippen molar-refractivity contribution in [3.8, 4) is 5.75 Å². The molecule has 0 aliphatic heterocycles. The fourth-order valence-electron chi connectivity index (χ4n) is 2.48. The first kappa shape index (κ1) is 18.5. The van der Waals surface area contributed by atoms with Crippen LogP contribution in [-0.2, 0) is 6.42 Å². The molecule has 1 N–H and O–H groups in total. The van der Waals surface area contributed by atoms with E-state index in [2.05, 4.69) is 61.9 Å². The topological polar surface area (TPSA) is 21.3 Å². The van der Waals surface area contributed by atoms with Gasteiger partial charge in [0.15, 0.2) is 0 Å². The summed E-state index contributed by atoms with van der Waals surface area (Å²) in [6.07, 6.45) is 2.17. The van der Waals surface area contributed by atoms with Gasteiger partial charge in [0.2, 0.25) is 0 Å². The summed E-state index contributed by atoms with van der Waals surface area (Å²) in [4.78, 5) is 0. The standard InChI is InChI=1S/C18H30BrNO/c1-7-20-16(10-13(2)18(3,4)5)12-14-11-15(19)8-9-17(14)21-6/h8-9,11,13,16,20H,7,10,12H2,1-6H3. The van der Waals surface area contributed by atoms with Gasteiger partial charge in [0.1, 0.15) is 5.75 Å². The van der Waals surface area contributed by atoms with Crippen LogP contribution in [0, 0.1) is 11.3 Å². The molecular formula is C18H30BrNO. The van der Waals surface area contributed by atoms with E-state index >= 15 is 0 Å². The number of benzene rings is 1. The highest BCUT2D eigenvalue weighted by Crippen LogP contribution is 2.31. The van der Waals surface area contributed by atoms with Crippen molar-refractivity contribution in [1.82, 2.24) is 5.32 Å². The molecule has 1 aromatic carbocycles. The molecule has 0 aliphatic carbocycles. The largest absolute Gasteiger partial charge is 0.496 e. The van der Waals surface area contributed by atoms with Gasteiger partial charge in [-0.05, 0) is 54.5 Å². The third-order valence-corrected chi connectivity index (χ3v) is 4.81. The second-order valence-electron chi connectivity index (χ2n) is 6.92. The van der Waals surface area contributed by atoms with Crippen LogP contribution in [0.25, 0.3) is 0 Å². The minimum Gasteiger partial charge on any atom is -0.496 e. The van der Waals surface area contributed by atoms with Crippen molar-refractivity contribution in [2.24, 2.45) is 11.3 Å². The van der Waals surface area contributed by atoms with Crippen LogP contribution in [0.1, 0.15) is 46.6 Å². The number of halogens is 1. The summed E-state index contributed by atoms with van der Waals surface area (Å²) < 4.78 is 6.61. The molecule has 2 atom stereocenters. The van der Waals surface area contributed by atoms with Crippen LogP contribution in [0.5, 0.6) is 5.75 Å². The lowest BCUT2D eigenvalue weighted by Crippen LogP contribution is -2.35. The second-order valence-corrected chi connectivity index (χ2v) is 7.83. The first-order valence-electron chi connectivity index (χ1n) is 7.83. The van der Waals surface area contributed by atoms with E-state index in [4.69, 9.17) is 4.74 Å². The summed E-state index contributed by atoms with van der Waals surface area (Å²) in [6.45, 7) is 12.5. The third kappa shape index (κ3) is 5.99. The lowest BCUT2D eigenvalue weighted by Gasteiger charge is -2.31. The van der Waals surface area contributed by atoms with Gasteiger partial charge in [-0.1, -0.05) is 50.5 Å². The quantitative estimate of drug-likeness (QED) is 0.738. The molecule has 1 rings (SSSR count). The summed E-state index contributed by atoms with van der Waals surface area (Å²) in [6, 6.07) is 6.72. The fraction of sp³-hybridized carbons (Fsp3) is 0.667. The van der Waals surface area contributed by atoms with Gasteiger partial charge in [-0.3, -0.25) is 0 Å². The van der Waals surface area contributed by atoms with E-state index in [1.807, 2.05) is 12.1 Å². The predicted octanol–water partition coefficient (Wildman–Crippen LogP) is 5.05. The lowest BCUT2D eigenvalue weighted by molar-refractivity contribution is 0.222. The lowest BCUT2D eigenvalue weighted by atomic mass is 9.77. The van der Waals surface area contributed by atoms with Crippen molar-refractivity contribution in [2.75, 3.05) is 13.7 Å². The number of hydrogen-bond donors (Lipinski definition) is 1. The molecule has 0 amide bonds. The van der Waals surface area contributed by atoms with E-state index < -0.39 is 0 Å². The summed E-state index contributed by atoms with van der Waals surface area (Å²) in [7, 11) is 1.74. The Morgan fingerprint density at radius 2 is 1.95 bits per heavy atom. The summed E-state index contributed by atoms with van der Waals surface area (Å²) in [5.41, 5.74) is 1.61. The average Bonchev–Trinajstić information content (AvgIpc) is 2.38. The normalized spacial score (nSPS) is 14.8. The molecule has 0 bridgehead atoms. The van der Waals surface area contributed by atoms with Crippen molar-refractivity contribution < 1.29 is 4.74 Å². The molecule has 0 saturated heterocycles. The third-order valence-electron chi connectivity index (χ3n) is 4.32. The van der Waals surface area contributed by atoms with Gasteiger partial charge in [-0.25, -0.2) is 0 Å². The molecule has 0 aliphatic rings. The molecule has 2 nitrogen and oxygen atoms in total. The maximum absolute atomic E-state index is 5.50. The highest BCUT2D eigenvalue weighted by atomic mass is 79.9. The van der Waals surface area contributed by atoms with E-state index in [9.17, 15) is 0 Å². The van der Waals surface area contributed by atoms with E-state index in [1.54, 1.807) is 7.11 Å². The van der Waals surface area contributed by atoms with Crippen molar-refractivity contribution in [2.45, 2.75) is 53.5 Å². The maximum Gasteiger partial charge on any atom is 0.122 e. The molecule has 2 unspecified atom stereocenters. The predicted molar refractivity (Wildman–Crippen MR) is 95.1 cm³/mol. The van der Waals surface area contributed by atoms with E-state index in [0.29, 0.717) is 17.4 Å². The first-order chi connectivity index (χ1) is 9.77. The van der Waals surface area contributed by atoms with Crippen molar-refractivity contribution >= 4 is 15.9 Å². The minimum absolute atomic E-state index is 0.342. The monoisotopic (exact) mass is 355 g/mol. The second kappa shape index (κ2) is 8.19. The summed E-state index contributed by atoms with van der Waals surface area (Å²) in [5.74, 6) is 1.64. The molecule has 0 radical (unpaired) electrons. The Bertz CT molecular complexity index is 439. The van der Waals surface area contributed by atoms with Gasteiger partial charge in [-0.2, -0.15) is 0 Å². The molecule has 1 aromatic rings. The van der Waals surface area contributed by atoms with Crippen LogP contribution < -0.4 is 10.1 Å². The Hall–Kier alpha value is -0.540. The van der Waals surface area contributed by atoms with Crippen LogP contribution in [0.2, 0.25) is 0 Å². The Labute approximate surface area is 138 Å². The number of likely N-dealkylation sites (N-methyl/N-ethyl adjacent to an activating group) is 1. The van der Waals surface area contributed by atoms with Gasteiger partial charge in [0, 0.05) is 10.5 Å². The molecule has 0 heterocycles. The van der Waals surface area contributed by atoms with Crippen LogP contribution in [0.4, 0.5) is 0 Å². The smallest absolute Gasteiger partial charge is 0.122 e. The zero-order chi connectivity index (χ0) is 16.0. The molecule has 0 aromatic heterocycles. The Morgan fingerprint density at radius 1 is 1.29 bits per heavy atom. The maximum atomic E-state index is 5.50. The van der Waals surface area contributed by atoms with Gasteiger partial charge < -0.3 is 10.1 Å². The fourth-order valence-corrected chi connectivity index (χ4v) is 2.89. The van der Waals surface area contributed by atoms with Crippen molar-refractivity contribution in [3.05, 3.63) is 28.2 Å². The van der Waals surface area contributed by atoms with Gasteiger partial charge in [-0.15, -0.1) is 0 Å². The van der Waals surface area contributed by atoms with Gasteiger partial charge in [0.05, 0.1) is 7.11 Å². The van der Waals surface area contributed by atoms with Crippen LogP contribution >= 0.6 is 15.9 Å². The molecule has 0 fully saturated rings. The van der Waals surface area contributed by atoms with E-state index in [-0.39, 0.29) is 0 Å². The minimum atomic E-state index is 0.342. The van der Waals surface area contributed by atoms with Gasteiger partial charge >= 0.3 is 0 Å². The van der Waals surface area contributed by atoms with Crippen molar-refractivity contribution in [3.63, 3.8) is 0 Å². The number of methoxy groups -OCH3 is 1. The van der Waals surface area contributed by atoms with E-state index in [0.717, 1.165) is 23.2 Å². The molecule has 21 heavy (non-hydrogen) atoms.